The van der Waals surface area contributed by atoms with Gasteiger partial charge in [0.25, 0.3) is 0 Å². The molecule has 1 aliphatic carbocycles. The molecule has 5 heteroatoms. The van der Waals surface area contributed by atoms with Crippen LogP contribution in [0, 0.1) is 5.92 Å². The largest absolute Gasteiger partial charge is 0.480 e. The highest BCUT2D eigenvalue weighted by Crippen LogP contribution is 2.27. The van der Waals surface area contributed by atoms with Crippen LogP contribution in [-0.2, 0) is 9.59 Å². The van der Waals surface area contributed by atoms with Crippen molar-refractivity contribution in [3.05, 3.63) is 0 Å². The number of amides is 1. The number of carboxylic acid groups (broad SMARTS) is 1. The minimum Gasteiger partial charge on any atom is -0.480 e. The molecule has 1 amide bonds. The number of hydrogen-bond acceptors (Lipinski definition) is 3. The maximum atomic E-state index is 11.4. The van der Waals surface area contributed by atoms with E-state index in [0.29, 0.717) is 12.3 Å². The number of nitrogens with two attached hydrogens (primary N) is 1. The van der Waals surface area contributed by atoms with Gasteiger partial charge >= 0.3 is 5.97 Å². The zero-order valence-corrected chi connectivity index (χ0v) is 10.3. The molecule has 0 heterocycles. The fraction of sp³-hybridized carbons (Fsp3) is 0.833. The van der Waals surface area contributed by atoms with E-state index < -0.39 is 24.0 Å². The molecule has 4 N–H and O–H groups in total. The number of aliphatic carboxylic acids is 1. The number of nitrogens with one attached hydrogen (secondary N) is 1. The lowest BCUT2D eigenvalue weighted by Crippen LogP contribution is -2.48. The molecular weight excluding hydrogens is 220 g/mol. The minimum absolute atomic E-state index is 0.395. The molecule has 0 aromatic rings. The van der Waals surface area contributed by atoms with Crippen molar-refractivity contribution in [3.63, 3.8) is 0 Å². The first kappa shape index (κ1) is 14.0. The van der Waals surface area contributed by atoms with E-state index in [4.69, 9.17) is 10.8 Å². The Hall–Kier alpha value is -1.10. The summed E-state index contributed by atoms with van der Waals surface area (Å²) in [4.78, 5) is 22.5. The van der Waals surface area contributed by atoms with E-state index in [9.17, 15) is 9.59 Å². The lowest BCUT2D eigenvalue weighted by atomic mass is 9.85. The molecule has 0 spiro atoms. The highest BCUT2D eigenvalue weighted by Gasteiger charge is 2.26. The van der Waals surface area contributed by atoms with E-state index in [-0.39, 0.29) is 0 Å². The Balaban J connectivity index is 2.47. The minimum atomic E-state index is -0.968. The number of hydrogen-bond donors (Lipinski definition) is 3. The highest BCUT2D eigenvalue weighted by molar-refractivity contribution is 5.86. The predicted molar refractivity (Wildman–Crippen MR) is 64.4 cm³/mol. The van der Waals surface area contributed by atoms with Crippen LogP contribution in [-0.4, -0.2) is 29.1 Å². The molecule has 0 saturated heterocycles. The fourth-order valence-electron chi connectivity index (χ4n) is 2.28. The van der Waals surface area contributed by atoms with E-state index in [0.717, 1.165) is 25.7 Å². The standard InChI is InChI=1S/C12H22N2O3/c1-8(13)11(15)14-10(12(16)17)7-9-5-3-2-4-6-9/h8-10H,2-7,13H2,1H3,(H,14,15)(H,16,17)/t8-,10-/m0/s1. The molecular formula is C12H22N2O3. The number of rotatable bonds is 5. The lowest BCUT2D eigenvalue weighted by molar-refractivity contribution is -0.142. The SMILES string of the molecule is C[C@H](N)C(=O)N[C@@H](CC1CCCCC1)C(=O)O. The lowest BCUT2D eigenvalue weighted by Gasteiger charge is -2.25. The van der Waals surface area contributed by atoms with Crippen LogP contribution >= 0.6 is 0 Å². The monoisotopic (exact) mass is 242 g/mol. The Bertz CT molecular complexity index is 273. The van der Waals surface area contributed by atoms with Crippen molar-refractivity contribution in [2.24, 2.45) is 11.7 Å². The molecule has 17 heavy (non-hydrogen) atoms. The van der Waals surface area contributed by atoms with Crippen LogP contribution in [0.4, 0.5) is 0 Å². The van der Waals surface area contributed by atoms with Crippen LogP contribution in [0.25, 0.3) is 0 Å². The van der Waals surface area contributed by atoms with Gasteiger partial charge in [0.15, 0.2) is 0 Å². The summed E-state index contributed by atoms with van der Waals surface area (Å²) in [6.07, 6.45) is 6.22. The first-order chi connectivity index (χ1) is 8.00. The molecule has 5 nitrogen and oxygen atoms in total. The third-order valence-corrected chi connectivity index (χ3v) is 3.32. The summed E-state index contributed by atoms with van der Waals surface area (Å²) in [5, 5.41) is 11.6. The Labute approximate surface area is 102 Å². The van der Waals surface area contributed by atoms with Gasteiger partial charge in [-0.15, -0.1) is 0 Å². The van der Waals surface area contributed by atoms with Gasteiger partial charge in [0.1, 0.15) is 6.04 Å². The molecule has 1 saturated carbocycles. The summed E-state index contributed by atoms with van der Waals surface area (Å²) in [7, 11) is 0. The topological polar surface area (TPSA) is 92.4 Å². The van der Waals surface area contributed by atoms with Crippen LogP contribution in [0.5, 0.6) is 0 Å². The molecule has 1 aliphatic rings. The van der Waals surface area contributed by atoms with Crippen LogP contribution in [0.15, 0.2) is 0 Å². The second-order valence-electron chi connectivity index (χ2n) is 4.93. The van der Waals surface area contributed by atoms with Crippen LogP contribution in [0.1, 0.15) is 45.4 Å². The molecule has 0 aliphatic heterocycles. The summed E-state index contributed by atoms with van der Waals surface area (Å²) >= 11 is 0. The fourth-order valence-corrected chi connectivity index (χ4v) is 2.28. The molecule has 98 valence electrons. The average Bonchev–Trinajstić information content (AvgIpc) is 2.29. The van der Waals surface area contributed by atoms with E-state index in [1.54, 1.807) is 6.92 Å². The number of carboxylic acids is 1. The maximum Gasteiger partial charge on any atom is 0.326 e. The van der Waals surface area contributed by atoms with Crippen molar-refractivity contribution in [1.29, 1.82) is 0 Å². The van der Waals surface area contributed by atoms with E-state index in [2.05, 4.69) is 5.32 Å². The molecule has 0 bridgehead atoms. The van der Waals surface area contributed by atoms with E-state index in [1.165, 1.54) is 6.42 Å². The Morgan fingerprint density at radius 2 is 1.94 bits per heavy atom. The van der Waals surface area contributed by atoms with Crippen molar-refractivity contribution in [2.45, 2.75) is 57.5 Å². The molecule has 2 atom stereocenters. The van der Waals surface area contributed by atoms with Gasteiger partial charge in [0.2, 0.25) is 5.91 Å². The maximum absolute atomic E-state index is 11.4. The van der Waals surface area contributed by atoms with Crippen molar-refractivity contribution in [2.75, 3.05) is 0 Å². The quantitative estimate of drug-likeness (QED) is 0.667. The van der Waals surface area contributed by atoms with Crippen LogP contribution in [0.3, 0.4) is 0 Å². The first-order valence-electron chi connectivity index (χ1n) is 6.29. The van der Waals surface area contributed by atoms with E-state index >= 15 is 0 Å². The third kappa shape index (κ3) is 4.73. The van der Waals surface area contributed by atoms with Crippen molar-refractivity contribution in [3.8, 4) is 0 Å². The smallest absolute Gasteiger partial charge is 0.326 e. The molecule has 0 aromatic heterocycles. The second kappa shape index (κ2) is 6.59. The van der Waals surface area contributed by atoms with Gasteiger partial charge in [0, 0.05) is 0 Å². The number of carbonyl (C=O) groups excluding carboxylic acids is 1. The summed E-state index contributed by atoms with van der Waals surface area (Å²) < 4.78 is 0. The van der Waals surface area contributed by atoms with Crippen LogP contribution < -0.4 is 11.1 Å². The van der Waals surface area contributed by atoms with Crippen molar-refractivity contribution in [1.82, 2.24) is 5.32 Å². The van der Waals surface area contributed by atoms with Crippen molar-refractivity contribution < 1.29 is 14.7 Å². The zero-order chi connectivity index (χ0) is 12.8. The molecule has 0 radical (unpaired) electrons. The van der Waals surface area contributed by atoms with E-state index in [1.807, 2.05) is 0 Å². The van der Waals surface area contributed by atoms with Crippen molar-refractivity contribution >= 4 is 11.9 Å². The third-order valence-electron chi connectivity index (χ3n) is 3.32. The molecule has 1 rings (SSSR count). The molecule has 1 fully saturated rings. The van der Waals surface area contributed by atoms with Gasteiger partial charge in [0.05, 0.1) is 6.04 Å². The first-order valence-corrected chi connectivity index (χ1v) is 6.29. The van der Waals surface area contributed by atoms with Gasteiger partial charge in [-0.2, -0.15) is 0 Å². The Kier molecular flexibility index (Phi) is 5.41. The summed E-state index contributed by atoms with van der Waals surface area (Å²) in [6, 6.07) is -1.46. The summed E-state index contributed by atoms with van der Waals surface area (Å²) in [5.74, 6) is -0.948. The summed E-state index contributed by atoms with van der Waals surface area (Å²) in [6.45, 7) is 1.55. The van der Waals surface area contributed by atoms with Gasteiger partial charge < -0.3 is 16.2 Å². The molecule has 0 aromatic carbocycles. The van der Waals surface area contributed by atoms with Crippen LogP contribution in [0.2, 0.25) is 0 Å². The molecule has 0 unspecified atom stereocenters. The van der Waals surface area contributed by atoms with Gasteiger partial charge in [-0.1, -0.05) is 32.1 Å². The number of carbonyl (C=O) groups is 2. The van der Waals surface area contributed by atoms with Gasteiger partial charge in [-0.25, -0.2) is 4.79 Å². The van der Waals surface area contributed by atoms with Gasteiger partial charge in [-0.05, 0) is 19.3 Å². The zero-order valence-electron chi connectivity index (χ0n) is 10.3. The predicted octanol–water partition coefficient (Wildman–Crippen LogP) is 0.873. The normalized spacial score (nSPS) is 20.6. The highest BCUT2D eigenvalue weighted by atomic mass is 16.4. The second-order valence-corrected chi connectivity index (χ2v) is 4.93. The average molecular weight is 242 g/mol. The Morgan fingerprint density at radius 3 is 2.41 bits per heavy atom. The van der Waals surface area contributed by atoms with Gasteiger partial charge in [-0.3, -0.25) is 4.79 Å². The Morgan fingerprint density at radius 1 is 1.35 bits per heavy atom. The summed E-state index contributed by atoms with van der Waals surface area (Å²) in [5.41, 5.74) is 5.41.